The Hall–Kier alpha value is -0.470. The van der Waals surface area contributed by atoms with E-state index in [9.17, 15) is 8.39 Å². The SMILES string of the molecule is CCC#CC(O)CO.O=P(O)(F)F. The van der Waals surface area contributed by atoms with Crippen molar-refractivity contribution in [3.8, 4) is 11.8 Å². The lowest BCUT2D eigenvalue weighted by molar-refractivity contribution is 0.138. The zero-order valence-corrected chi connectivity index (χ0v) is 7.84. The van der Waals surface area contributed by atoms with Crippen molar-refractivity contribution in [2.45, 2.75) is 19.4 Å². The van der Waals surface area contributed by atoms with E-state index in [1.807, 2.05) is 6.92 Å². The van der Waals surface area contributed by atoms with Crippen LogP contribution in [0.15, 0.2) is 0 Å². The van der Waals surface area contributed by atoms with Crippen molar-refractivity contribution >= 4 is 7.99 Å². The fourth-order valence-electron chi connectivity index (χ4n) is 0.266. The molecular formula is C6H11F2O4P. The van der Waals surface area contributed by atoms with E-state index in [1.165, 1.54) is 0 Å². The minimum Gasteiger partial charge on any atom is -0.393 e. The van der Waals surface area contributed by atoms with E-state index in [-0.39, 0.29) is 6.61 Å². The Bertz CT molecular complexity index is 208. The molecule has 0 bridgehead atoms. The molecule has 0 aromatic rings. The van der Waals surface area contributed by atoms with E-state index in [1.54, 1.807) is 0 Å². The highest BCUT2D eigenvalue weighted by Crippen LogP contribution is 2.43. The predicted molar refractivity (Wildman–Crippen MR) is 43.2 cm³/mol. The second-order valence-corrected chi connectivity index (χ2v) is 2.68. The third kappa shape index (κ3) is 34.2. The molecule has 0 aliphatic rings. The highest BCUT2D eigenvalue weighted by Gasteiger charge is 2.09. The molecule has 1 atom stereocenters. The van der Waals surface area contributed by atoms with Gasteiger partial charge in [0.15, 0.2) is 0 Å². The van der Waals surface area contributed by atoms with Crippen molar-refractivity contribution in [3.63, 3.8) is 0 Å². The van der Waals surface area contributed by atoms with Gasteiger partial charge in [0, 0.05) is 6.42 Å². The molecule has 0 aliphatic carbocycles. The van der Waals surface area contributed by atoms with Crippen LogP contribution in [0.2, 0.25) is 0 Å². The Kier molecular flexibility index (Phi) is 9.41. The first-order chi connectivity index (χ1) is 5.81. The number of rotatable bonds is 1. The number of aliphatic hydroxyl groups excluding tert-OH is 2. The summed E-state index contributed by atoms with van der Waals surface area (Å²) in [4.78, 5) is 6.74. The van der Waals surface area contributed by atoms with E-state index in [4.69, 9.17) is 19.7 Å². The highest BCUT2D eigenvalue weighted by molar-refractivity contribution is 7.46. The number of aliphatic hydroxyl groups is 2. The van der Waals surface area contributed by atoms with Gasteiger partial charge in [-0.3, -0.25) is 4.89 Å². The maximum atomic E-state index is 10.1. The second-order valence-electron chi connectivity index (χ2n) is 1.81. The minimum absolute atomic E-state index is 0.271. The molecule has 0 aliphatic heterocycles. The molecule has 1 unspecified atom stereocenters. The quantitative estimate of drug-likeness (QED) is 0.447. The van der Waals surface area contributed by atoms with Crippen molar-refractivity contribution in [2.75, 3.05) is 6.61 Å². The lowest BCUT2D eigenvalue weighted by atomic mass is 10.3. The van der Waals surface area contributed by atoms with Gasteiger partial charge in [-0.2, -0.15) is 0 Å². The van der Waals surface area contributed by atoms with E-state index >= 15 is 0 Å². The summed E-state index contributed by atoms with van der Waals surface area (Å²) < 4.78 is 28.7. The summed E-state index contributed by atoms with van der Waals surface area (Å²) in [6.07, 6.45) is -0.133. The molecule has 0 spiro atoms. The number of halogens is 2. The van der Waals surface area contributed by atoms with Crippen LogP contribution >= 0.6 is 7.99 Å². The largest absolute Gasteiger partial charge is 0.549 e. The molecule has 0 aromatic heterocycles. The van der Waals surface area contributed by atoms with E-state index in [2.05, 4.69) is 11.8 Å². The first-order valence-electron chi connectivity index (χ1n) is 3.30. The van der Waals surface area contributed by atoms with Crippen LogP contribution in [0, 0.1) is 11.8 Å². The molecule has 3 N–H and O–H groups in total. The van der Waals surface area contributed by atoms with E-state index in [0.717, 1.165) is 6.42 Å². The highest BCUT2D eigenvalue weighted by atomic mass is 31.2. The Morgan fingerprint density at radius 3 is 2.15 bits per heavy atom. The summed E-state index contributed by atoms with van der Waals surface area (Å²) in [6, 6.07) is 0. The van der Waals surface area contributed by atoms with Crippen LogP contribution < -0.4 is 0 Å². The van der Waals surface area contributed by atoms with Crippen LogP contribution in [-0.4, -0.2) is 27.8 Å². The van der Waals surface area contributed by atoms with Crippen molar-refractivity contribution < 1.29 is 28.1 Å². The maximum Gasteiger partial charge on any atom is 0.549 e. The van der Waals surface area contributed by atoms with Crippen molar-refractivity contribution in [2.24, 2.45) is 0 Å². The summed E-state index contributed by atoms with van der Waals surface area (Å²) in [5, 5.41) is 16.8. The van der Waals surface area contributed by atoms with Gasteiger partial charge < -0.3 is 10.2 Å². The molecule has 0 aromatic carbocycles. The van der Waals surface area contributed by atoms with Crippen molar-refractivity contribution in [1.29, 1.82) is 0 Å². The molecule has 4 nitrogen and oxygen atoms in total. The third-order valence-corrected chi connectivity index (χ3v) is 0.618. The second kappa shape index (κ2) is 8.14. The van der Waals surface area contributed by atoms with Gasteiger partial charge in [0.25, 0.3) is 0 Å². The monoisotopic (exact) mass is 216 g/mol. The summed E-state index contributed by atoms with van der Waals surface area (Å²) >= 11 is 0. The minimum atomic E-state index is -5.64. The maximum absolute atomic E-state index is 10.1. The average Bonchev–Trinajstić information content (AvgIpc) is 1.97. The molecule has 0 heterocycles. The lowest BCUT2D eigenvalue weighted by Gasteiger charge is -1.91. The smallest absolute Gasteiger partial charge is 0.393 e. The summed E-state index contributed by atoms with van der Waals surface area (Å²) in [5.74, 6) is 5.08. The molecule has 78 valence electrons. The van der Waals surface area contributed by atoms with Crippen LogP contribution in [0.25, 0.3) is 0 Å². The van der Waals surface area contributed by atoms with Gasteiger partial charge in [0.05, 0.1) is 6.61 Å². The molecule has 0 fully saturated rings. The summed E-state index contributed by atoms with van der Waals surface area (Å²) in [5.41, 5.74) is 0. The van der Waals surface area contributed by atoms with Gasteiger partial charge in [0.1, 0.15) is 6.10 Å². The zero-order chi connectivity index (χ0) is 10.9. The molecule has 13 heavy (non-hydrogen) atoms. The Morgan fingerprint density at radius 1 is 1.54 bits per heavy atom. The third-order valence-electron chi connectivity index (χ3n) is 0.618. The molecule has 7 heteroatoms. The Labute approximate surface area is 74.9 Å². The fraction of sp³-hybridized carbons (Fsp3) is 0.667. The fourth-order valence-corrected chi connectivity index (χ4v) is 0.266. The van der Waals surface area contributed by atoms with Crippen LogP contribution in [-0.2, 0) is 4.57 Å². The topological polar surface area (TPSA) is 77.8 Å². The molecule has 0 saturated carbocycles. The van der Waals surface area contributed by atoms with Gasteiger partial charge in [-0.25, -0.2) is 4.57 Å². The Balaban J connectivity index is 0. The van der Waals surface area contributed by atoms with Gasteiger partial charge in [0.2, 0.25) is 0 Å². The summed E-state index contributed by atoms with van der Waals surface area (Å²) in [6.45, 7) is 1.62. The van der Waals surface area contributed by atoms with E-state index < -0.39 is 14.1 Å². The first kappa shape index (κ1) is 15.0. The first-order valence-corrected chi connectivity index (χ1v) is 4.74. The van der Waals surface area contributed by atoms with Crippen molar-refractivity contribution in [3.05, 3.63) is 0 Å². The van der Waals surface area contributed by atoms with Gasteiger partial charge in [-0.05, 0) is 0 Å². The van der Waals surface area contributed by atoms with Crippen molar-refractivity contribution in [1.82, 2.24) is 0 Å². The van der Waals surface area contributed by atoms with E-state index in [0.29, 0.717) is 0 Å². The molecule has 0 rings (SSSR count). The predicted octanol–water partition coefficient (Wildman–Crippen LogP) is 0.779. The Morgan fingerprint density at radius 2 is 1.92 bits per heavy atom. The lowest BCUT2D eigenvalue weighted by Crippen LogP contribution is -2.07. The standard InChI is InChI=1S/C6H10O2.F2HO2P/c1-2-3-4-6(8)5-7;1-5(2,3)4/h6-8H,2,5H2,1H3;(H,3,4). The van der Waals surface area contributed by atoms with Gasteiger partial charge in [-0.1, -0.05) is 12.8 Å². The summed E-state index contributed by atoms with van der Waals surface area (Å²) in [7, 11) is -5.64. The zero-order valence-electron chi connectivity index (χ0n) is 6.94. The molecule has 0 radical (unpaired) electrons. The van der Waals surface area contributed by atoms with Crippen LogP contribution in [0.1, 0.15) is 13.3 Å². The molecular weight excluding hydrogens is 205 g/mol. The van der Waals surface area contributed by atoms with Gasteiger partial charge in [-0.15, -0.1) is 14.3 Å². The average molecular weight is 216 g/mol. The molecule has 0 amide bonds. The molecule has 0 saturated heterocycles. The number of hydrogen-bond acceptors (Lipinski definition) is 3. The van der Waals surface area contributed by atoms with Gasteiger partial charge >= 0.3 is 7.99 Å². The van der Waals surface area contributed by atoms with Crippen LogP contribution in [0.3, 0.4) is 0 Å². The normalized spacial score (nSPS) is 11.8. The van der Waals surface area contributed by atoms with Crippen LogP contribution in [0.5, 0.6) is 0 Å². The number of hydrogen-bond donors (Lipinski definition) is 3. The van der Waals surface area contributed by atoms with Crippen LogP contribution in [0.4, 0.5) is 8.39 Å².